The van der Waals surface area contributed by atoms with E-state index in [0.29, 0.717) is 11.5 Å². The molecule has 1 heterocycles. The Morgan fingerprint density at radius 2 is 2.45 bits per heavy atom. The monoisotopic (exact) mass is 153 g/mol. The standard InChI is InChI=1S/C7H11N3O/c1-5(2)7(8)10-6-3-9-11-4-6/h3-5H,1-2H3,(H2,8,10). The molecule has 4 heteroatoms. The predicted octanol–water partition coefficient (Wildman–Crippen LogP) is 1.32. The molecule has 4 nitrogen and oxygen atoms in total. The molecule has 0 aliphatic heterocycles. The number of hydrogen-bond acceptors (Lipinski definition) is 3. The Bertz CT molecular complexity index is 238. The van der Waals surface area contributed by atoms with Crippen molar-refractivity contribution in [2.75, 3.05) is 0 Å². The lowest BCUT2D eigenvalue weighted by molar-refractivity contribution is 0.420. The molecule has 2 N–H and O–H groups in total. The third-order valence-corrected chi connectivity index (χ3v) is 1.27. The highest BCUT2D eigenvalue weighted by atomic mass is 16.5. The molecule has 1 rings (SSSR count). The summed E-state index contributed by atoms with van der Waals surface area (Å²) in [5, 5.41) is 3.50. The van der Waals surface area contributed by atoms with Gasteiger partial charge in [0.1, 0.15) is 17.8 Å². The first-order valence-corrected chi connectivity index (χ1v) is 3.43. The SMILES string of the molecule is CC(C)C(N)=Nc1cnoc1. The Labute approximate surface area is 65.1 Å². The lowest BCUT2D eigenvalue weighted by Crippen LogP contribution is -2.17. The molecule has 0 saturated heterocycles. The van der Waals surface area contributed by atoms with E-state index < -0.39 is 0 Å². The van der Waals surface area contributed by atoms with Crippen molar-refractivity contribution < 1.29 is 4.52 Å². The molecule has 0 radical (unpaired) electrons. The Balaban J connectivity index is 2.74. The smallest absolute Gasteiger partial charge is 0.149 e. The van der Waals surface area contributed by atoms with Gasteiger partial charge in [-0.3, -0.25) is 0 Å². The molecule has 0 saturated carbocycles. The molecule has 0 fully saturated rings. The van der Waals surface area contributed by atoms with Gasteiger partial charge < -0.3 is 10.3 Å². The molecule has 0 spiro atoms. The quantitative estimate of drug-likeness (QED) is 0.514. The number of hydrogen-bond donors (Lipinski definition) is 1. The Morgan fingerprint density at radius 3 is 2.91 bits per heavy atom. The highest BCUT2D eigenvalue weighted by Crippen LogP contribution is 2.09. The Hall–Kier alpha value is -1.32. The molecule has 1 aromatic heterocycles. The summed E-state index contributed by atoms with van der Waals surface area (Å²) < 4.78 is 4.58. The van der Waals surface area contributed by atoms with Crippen molar-refractivity contribution in [1.82, 2.24) is 5.16 Å². The van der Waals surface area contributed by atoms with E-state index in [-0.39, 0.29) is 5.92 Å². The molecule has 1 aromatic rings. The molecule has 60 valence electrons. The maximum atomic E-state index is 5.59. The average Bonchev–Trinajstić information content (AvgIpc) is 2.39. The van der Waals surface area contributed by atoms with Gasteiger partial charge in [0.2, 0.25) is 0 Å². The lowest BCUT2D eigenvalue weighted by atomic mass is 10.2. The molecule has 11 heavy (non-hydrogen) atoms. The molecule has 0 aliphatic carbocycles. The molecular weight excluding hydrogens is 142 g/mol. The van der Waals surface area contributed by atoms with Crippen LogP contribution < -0.4 is 5.73 Å². The molecule has 0 unspecified atom stereocenters. The number of rotatable bonds is 2. The molecule has 0 aromatic carbocycles. The second kappa shape index (κ2) is 3.18. The largest absolute Gasteiger partial charge is 0.387 e. The van der Waals surface area contributed by atoms with E-state index in [1.54, 1.807) is 0 Å². The maximum absolute atomic E-state index is 5.59. The van der Waals surface area contributed by atoms with Crippen LogP contribution in [0.2, 0.25) is 0 Å². The summed E-state index contributed by atoms with van der Waals surface area (Å²) in [6, 6.07) is 0. The predicted molar refractivity (Wildman–Crippen MR) is 42.6 cm³/mol. The topological polar surface area (TPSA) is 64.4 Å². The van der Waals surface area contributed by atoms with Crippen molar-refractivity contribution in [3.8, 4) is 0 Å². The third kappa shape index (κ3) is 2.07. The van der Waals surface area contributed by atoms with Crippen LogP contribution in [-0.2, 0) is 0 Å². The maximum Gasteiger partial charge on any atom is 0.149 e. The van der Waals surface area contributed by atoms with Gasteiger partial charge in [0.25, 0.3) is 0 Å². The summed E-state index contributed by atoms with van der Waals surface area (Å²) in [6.07, 6.45) is 2.98. The van der Waals surface area contributed by atoms with E-state index in [9.17, 15) is 0 Å². The van der Waals surface area contributed by atoms with Crippen molar-refractivity contribution in [2.45, 2.75) is 13.8 Å². The zero-order valence-electron chi connectivity index (χ0n) is 6.61. The number of amidine groups is 1. The van der Waals surface area contributed by atoms with E-state index in [4.69, 9.17) is 5.73 Å². The lowest BCUT2D eigenvalue weighted by Gasteiger charge is -2.00. The highest BCUT2D eigenvalue weighted by Gasteiger charge is 1.99. The Morgan fingerprint density at radius 1 is 1.73 bits per heavy atom. The van der Waals surface area contributed by atoms with Crippen LogP contribution in [0.4, 0.5) is 5.69 Å². The summed E-state index contributed by atoms with van der Waals surface area (Å²) in [5.74, 6) is 0.845. The highest BCUT2D eigenvalue weighted by molar-refractivity contribution is 5.84. The van der Waals surface area contributed by atoms with Gasteiger partial charge in [-0.25, -0.2) is 4.99 Å². The minimum absolute atomic E-state index is 0.255. The number of nitrogens with two attached hydrogens (primary N) is 1. The minimum Gasteiger partial charge on any atom is -0.387 e. The summed E-state index contributed by atoms with van der Waals surface area (Å²) >= 11 is 0. The van der Waals surface area contributed by atoms with Crippen LogP contribution in [0.1, 0.15) is 13.8 Å². The van der Waals surface area contributed by atoms with E-state index in [1.165, 1.54) is 12.5 Å². The van der Waals surface area contributed by atoms with Crippen LogP contribution >= 0.6 is 0 Å². The van der Waals surface area contributed by atoms with E-state index in [1.807, 2.05) is 13.8 Å². The normalized spacial score (nSPS) is 12.5. The van der Waals surface area contributed by atoms with Gasteiger partial charge in [-0.15, -0.1) is 0 Å². The first kappa shape index (κ1) is 7.78. The first-order chi connectivity index (χ1) is 5.20. The number of aromatic nitrogens is 1. The van der Waals surface area contributed by atoms with E-state index >= 15 is 0 Å². The van der Waals surface area contributed by atoms with Crippen LogP contribution in [0.25, 0.3) is 0 Å². The van der Waals surface area contributed by atoms with Gasteiger partial charge in [0, 0.05) is 5.92 Å². The summed E-state index contributed by atoms with van der Waals surface area (Å²) in [4.78, 5) is 4.06. The van der Waals surface area contributed by atoms with Crippen LogP contribution in [0.3, 0.4) is 0 Å². The van der Waals surface area contributed by atoms with Gasteiger partial charge >= 0.3 is 0 Å². The molecular formula is C7H11N3O. The van der Waals surface area contributed by atoms with E-state index in [0.717, 1.165) is 0 Å². The van der Waals surface area contributed by atoms with Gasteiger partial charge in [-0.2, -0.15) is 0 Å². The van der Waals surface area contributed by atoms with Crippen molar-refractivity contribution in [3.63, 3.8) is 0 Å². The van der Waals surface area contributed by atoms with Crippen LogP contribution in [0.15, 0.2) is 22.0 Å². The van der Waals surface area contributed by atoms with Gasteiger partial charge in [0.15, 0.2) is 0 Å². The fourth-order valence-corrected chi connectivity index (χ4v) is 0.533. The zero-order valence-corrected chi connectivity index (χ0v) is 6.61. The summed E-state index contributed by atoms with van der Waals surface area (Å²) in [7, 11) is 0. The molecule has 0 amide bonds. The minimum atomic E-state index is 0.255. The van der Waals surface area contributed by atoms with Crippen molar-refractivity contribution in [1.29, 1.82) is 0 Å². The molecule has 0 aliphatic rings. The molecule has 0 bridgehead atoms. The average molecular weight is 153 g/mol. The van der Waals surface area contributed by atoms with Crippen LogP contribution in [-0.4, -0.2) is 11.0 Å². The second-order valence-corrected chi connectivity index (χ2v) is 2.57. The van der Waals surface area contributed by atoms with Gasteiger partial charge in [0.05, 0.1) is 6.20 Å². The van der Waals surface area contributed by atoms with Gasteiger partial charge in [-0.05, 0) is 0 Å². The van der Waals surface area contributed by atoms with Crippen molar-refractivity contribution in [2.24, 2.45) is 16.6 Å². The molecule has 0 atom stereocenters. The van der Waals surface area contributed by atoms with Crippen LogP contribution in [0, 0.1) is 5.92 Å². The summed E-state index contributed by atoms with van der Waals surface area (Å²) in [6.45, 7) is 3.96. The number of nitrogens with zero attached hydrogens (tertiary/aromatic N) is 2. The summed E-state index contributed by atoms with van der Waals surface area (Å²) in [5.41, 5.74) is 6.25. The van der Waals surface area contributed by atoms with Crippen LogP contribution in [0.5, 0.6) is 0 Å². The fourth-order valence-electron chi connectivity index (χ4n) is 0.533. The first-order valence-electron chi connectivity index (χ1n) is 3.43. The van der Waals surface area contributed by atoms with Crippen molar-refractivity contribution >= 4 is 11.5 Å². The van der Waals surface area contributed by atoms with Crippen molar-refractivity contribution in [3.05, 3.63) is 12.5 Å². The van der Waals surface area contributed by atoms with Gasteiger partial charge in [-0.1, -0.05) is 19.0 Å². The third-order valence-electron chi connectivity index (χ3n) is 1.27. The fraction of sp³-hybridized carbons (Fsp3) is 0.429. The van der Waals surface area contributed by atoms with E-state index in [2.05, 4.69) is 14.7 Å². The zero-order chi connectivity index (χ0) is 8.27. The number of aliphatic imine (C=N–C) groups is 1. The Kier molecular flexibility index (Phi) is 2.25. The second-order valence-electron chi connectivity index (χ2n) is 2.57.